The minimum absolute atomic E-state index is 0.0160. The Morgan fingerprint density at radius 2 is 1.64 bits per heavy atom. The largest absolute Gasteiger partial charge is 0.335 e. The van der Waals surface area contributed by atoms with Gasteiger partial charge in [-0.2, -0.15) is 4.31 Å². The Bertz CT molecular complexity index is 664. The van der Waals surface area contributed by atoms with Gasteiger partial charge < -0.3 is 10.2 Å². The van der Waals surface area contributed by atoms with Gasteiger partial charge in [0.15, 0.2) is 0 Å². The van der Waals surface area contributed by atoms with Crippen LogP contribution in [0, 0.1) is 0 Å². The second kappa shape index (κ2) is 8.19. The summed E-state index contributed by atoms with van der Waals surface area (Å²) in [7, 11) is -3.34. The molecular formula is C18H27N3O3S. The highest BCUT2D eigenvalue weighted by atomic mass is 32.2. The lowest BCUT2D eigenvalue weighted by Crippen LogP contribution is -2.54. The zero-order valence-corrected chi connectivity index (χ0v) is 15.4. The van der Waals surface area contributed by atoms with Crippen molar-refractivity contribution >= 4 is 16.1 Å². The van der Waals surface area contributed by atoms with Crippen LogP contribution in [-0.2, 0) is 15.8 Å². The minimum atomic E-state index is -3.34. The van der Waals surface area contributed by atoms with Gasteiger partial charge in [0, 0.05) is 32.2 Å². The van der Waals surface area contributed by atoms with Gasteiger partial charge in [-0.1, -0.05) is 49.6 Å². The lowest BCUT2D eigenvalue weighted by molar-refractivity contribution is 0.166. The highest BCUT2D eigenvalue weighted by Crippen LogP contribution is 2.18. The van der Waals surface area contributed by atoms with E-state index in [1.54, 1.807) is 4.90 Å². The molecule has 25 heavy (non-hydrogen) atoms. The second-order valence-corrected chi connectivity index (χ2v) is 8.88. The number of piperazine rings is 1. The highest BCUT2D eigenvalue weighted by Gasteiger charge is 2.29. The number of carbonyl (C=O) groups is 1. The molecule has 0 bridgehead atoms. The molecule has 3 rings (SSSR count). The first kappa shape index (κ1) is 18.2. The fraction of sp³-hybridized carbons (Fsp3) is 0.611. The summed E-state index contributed by atoms with van der Waals surface area (Å²) in [5.74, 6) is 0.0160. The van der Waals surface area contributed by atoms with Crippen molar-refractivity contribution in [1.82, 2.24) is 14.5 Å². The summed E-state index contributed by atoms with van der Waals surface area (Å²) in [6.45, 7) is 1.64. The molecule has 1 aromatic carbocycles. The van der Waals surface area contributed by atoms with Gasteiger partial charge >= 0.3 is 6.03 Å². The van der Waals surface area contributed by atoms with Gasteiger partial charge in [-0.25, -0.2) is 13.2 Å². The first-order valence-electron chi connectivity index (χ1n) is 9.12. The molecular weight excluding hydrogens is 338 g/mol. The Hall–Kier alpha value is -1.60. The number of amides is 2. The lowest BCUT2D eigenvalue weighted by Gasteiger charge is -2.35. The van der Waals surface area contributed by atoms with Crippen LogP contribution in [0.1, 0.15) is 37.7 Å². The average Bonchev–Trinajstić information content (AvgIpc) is 2.63. The summed E-state index contributed by atoms with van der Waals surface area (Å²) in [6.07, 6.45) is 5.71. The Morgan fingerprint density at radius 3 is 2.28 bits per heavy atom. The number of nitrogens with one attached hydrogen (secondary N) is 1. The van der Waals surface area contributed by atoms with Crippen molar-refractivity contribution in [2.24, 2.45) is 0 Å². The van der Waals surface area contributed by atoms with Crippen molar-refractivity contribution in [1.29, 1.82) is 0 Å². The molecule has 0 radical (unpaired) electrons. The maximum absolute atomic E-state index is 12.6. The normalized spacial score (nSPS) is 20.4. The van der Waals surface area contributed by atoms with Crippen LogP contribution in [0.25, 0.3) is 0 Å². The Kier molecular flexibility index (Phi) is 5.96. The molecule has 1 aliphatic heterocycles. The van der Waals surface area contributed by atoms with E-state index in [1.807, 2.05) is 30.3 Å². The van der Waals surface area contributed by atoms with Gasteiger partial charge in [-0.15, -0.1) is 0 Å². The number of nitrogens with zero attached hydrogens (tertiary/aromatic N) is 2. The minimum Gasteiger partial charge on any atom is -0.335 e. The van der Waals surface area contributed by atoms with E-state index >= 15 is 0 Å². The molecule has 1 aromatic rings. The number of carbonyl (C=O) groups excluding carboxylic acids is 1. The van der Waals surface area contributed by atoms with E-state index in [0.717, 1.165) is 18.4 Å². The number of rotatable bonds is 4. The van der Waals surface area contributed by atoms with E-state index in [-0.39, 0.29) is 17.8 Å². The summed E-state index contributed by atoms with van der Waals surface area (Å²) in [4.78, 5) is 14.1. The summed E-state index contributed by atoms with van der Waals surface area (Å²) in [5, 5.41) is 3.10. The first-order valence-corrected chi connectivity index (χ1v) is 10.7. The predicted molar refractivity (Wildman–Crippen MR) is 97.6 cm³/mol. The molecule has 6 nitrogen and oxygen atoms in total. The highest BCUT2D eigenvalue weighted by molar-refractivity contribution is 7.88. The quantitative estimate of drug-likeness (QED) is 0.889. The average molecular weight is 365 g/mol. The van der Waals surface area contributed by atoms with Crippen molar-refractivity contribution in [3.63, 3.8) is 0 Å². The van der Waals surface area contributed by atoms with Crippen molar-refractivity contribution in [2.45, 2.75) is 43.9 Å². The Balaban J connectivity index is 1.49. The molecule has 1 saturated heterocycles. The predicted octanol–water partition coefficient (Wildman–Crippen LogP) is 2.18. The molecule has 1 saturated carbocycles. The van der Waals surface area contributed by atoms with Crippen molar-refractivity contribution in [2.75, 3.05) is 26.2 Å². The van der Waals surface area contributed by atoms with Gasteiger partial charge in [0.05, 0.1) is 5.75 Å². The van der Waals surface area contributed by atoms with Crippen molar-refractivity contribution in [3.8, 4) is 0 Å². The van der Waals surface area contributed by atoms with E-state index in [2.05, 4.69) is 5.32 Å². The van der Waals surface area contributed by atoms with E-state index in [1.165, 1.54) is 23.6 Å². The molecule has 0 atom stereocenters. The summed E-state index contributed by atoms with van der Waals surface area (Å²) in [6, 6.07) is 9.45. The molecule has 2 aliphatic rings. The number of benzene rings is 1. The van der Waals surface area contributed by atoms with Crippen molar-refractivity contribution < 1.29 is 13.2 Å². The topological polar surface area (TPSA) is 69.7 Å². The lowest BCUT2D eigenvalue weighted by atomic mass is 9.96. The maximum Gasteiger partial charge on any atom is 0.317 e. The van der Waals surface area contributed by atoms with E-state index < -0.39 is 10.0 Å². The SMILES string of the molecule is O=C(NC1CCCCC1)N1CCN(S(=O)(=O)Cc2ccccc2)CC1. The molecule has 0 unspecified atom stereocenters. The third-order valence-electron chi connectivity index (χ3n) is 5.04. The molecule has 2 amide bonds. The van der Waals surface area contributed by atoms with Crippen LogP contribution in [0.2, 0.25) is 0 Å². The molecule has 1 N–H and O–H groups in total. The van der Waals surface area contributed by atoms with E-state index in [9.17, 15) is 13.2 Å². The fourth-order valence-electron chi connectivity index (χ4n) is 3.56. The molecule has 138 valence electrons. The first-order chi connectivity index (χ1) is 12.0. The summed E-state index contributed by atoms with van der Waals surface area (Å²) in [5.41, 5.74) is 0.792. The van der Waals surface area contributed by atoms with Crippen LogP contribution < -0.4 is 5.32 Å². The second-order valence-electron chi connectivity index (χ2n) is 6.91. The summed E-state index contributed by atoms with van der Waals surface area (Å²) < 4.78 is 26.6. The van der Waals surface area contributed by atoms with Gasteiger partial charge in [0.25, 0.3) is 0 Å². The van der Waals surface area contributed by atoms with Crippen LogP contribution in [0.15, 0.2) is 30.3 Å². The van der Waals surface area contributed by atoms with Crippen LogP contribution in [-0.4, -0.2) is 55.9 Å². The summed E-state index contributed by atoms with van der Waals surface area (Å²) >= 11 is 0. The molecule has 2 fully saturated rings. The van der Waals surface area contributed by atoms with Crippen LogP contribution >= 0.6 is 0 Å². The van der Waals surface area contributed by atoms with Crippen LogP contribution in [0.4, 0.5) is 4.79 Å². The molecule has 1 aliphatic carbocycles. The Labute approximate surface area is 150 Å². The standard InChI is InChI=1S/C18H27N3O3S/c22-18(19-17-9-5-2-6-10-17)20-11-13-21(14-12-20)25(23,24)15-16-7-3-1-4-8-16/h1,3-4,7-8,17H,2,5-6,9-15H2,(H,19,22). The van der Waals surface area contributed by atoms with E-state index in [0.29, 0.717) is 26.2 Å². The number of hydrogen-bond acceptors (Lipinski definition) is 3. The number of urea groups is 1. The van der Waals surface area contributed by atoms with Crippen LogP contribution in [0.3, 0.4) is 0 Å². The fourth-order valence-corrected chi connectivity index (χ4v) is 5.07. The van der Waals surface area contributed by atoms with Gasteiger partial charge in [-0.05, 0) is 18.4 Å². The number of sulfonamides is 1. The third-order valence-corrected chi connectivity index (χ3v) is 6.89. The van der Waals surface area contributed by atoms with Gasteiger partial charge in [0.2, 0.25) is 10.0 Å². The molecule has 0 aromatic heterocycles. The maximum atomic E-state index is 12.6. The van der Waals surface area contributed by atoms with Crippen LogP contribution in [0.5, 0.6) is 0 Å². The van der Waals surface area contributed by atoms with Gasteiger partial charge in [0.1, 0.15) is 0 Å². The zero-order chi connectivity index (χ0) is 17.7. The molecule has 1 heterocycles. The van der Waals surface area contributed by atoms with Gasteiger partial charge in [-0.3, -0.25) is 0 Å². The smallest absolute Gasteiger partial charge is 0.317 e. The van der Waals surface area contributed by atoms with E-state index in [4.69, 9.17) is 0 Å². The third kappa shape index (κ3) is 4.95. The molecule has 7 heteroatoms. The Morgan fingerprint density at radius 1 is 1.00 bits per heavy atom. The van der Waals surface area contributed by atoms with Crippen molar-refractivity contribution in [3.05, 3.63) is 35.9 Å². The number of hydrogen-bond donors (Lipinski definition) is 1. The molecule has 0 spiro atoms. The monoisotopic (exact) mass is 365 g/mol. The zero-order valence-electron chi connectivity index (χ0n) is 14.6.